The van der Waals surface area contributed by atoms with Gasteiger partial charge in [0.1, 0.15) is 29.6 Å². The van der Waals surface area contributed by atoms with E-state index in [-0.39, 0.29) is 41.4 Å². The molecule has 8 rings (SSSR count). The number of rotatable bonds is 16. The summed E-state index contributed by atoms with van der Waals surface area (Å²) < 4.78 is 56.5. The normalized spacial score (nSPS) is 18.4. The van der Waals surface area contributed by atoms with Crippen LogP contribution in [-0.4, -0.2) is 130 Å². The van der Waals surface area contributed by atoms with E-state index in [2.05, 4.69) is 56.9 Å². The summed E-state index contributed by atoms with van der Waals surface area (Å²) in [7, 11) is 1.82. The van der Waals surface area contributed by atoms with Crippen molar-refractivity contribution in [3.8, 4) is 11.1 Å². The third kappa shape index (κ3) is 10.2. The van der Waals surface area contributed by atoms with Crippen molar-refractivity contribution in [3.63, 3.8) is 0 Å². The monoisotopic (exact) mass is 899 g/mol. The molecule has 64 heavy (non-hydrogen) atoms. The van der Waals surface area contributed by atoms with Crippen molar-refractivity contribution in [3.05, 3.63) is 95.3 Å². The molecule has 19 heteroatoms. The number of halogens is 3. The maximum absolute atomic E-state index is 15.5. The Bertz CT molecular complexity index is 2480. The van der Waals surface area contributed by atoms with E-state index < -0.39 is 40.7 Å². The zero-order valence-corrected chi connectivity index (χ0v) is 36.8. The van der Waals surface area contributed by atoms with Gasteiger partial charge in [0.05, 0.1) is 23.5 Å². The second kappa shape index (κ2) is 20.1. The standard InChI is InChI=1S/C45H52F3N11O4S/c1-4-56(3)64-55-37-8-6-34(46)40(41(37)48)42(61)33-26-50-43-32(33)21-30(23-49-43)31-24-51-45(52-25-31)59-17-15-58(16-18-59)27(2)63-20-19-57-13-11-28(12-14-57)29-5-7-36(35(47)22-29)53-38-9-10-39(60)54-44(38)62/h5-8,21-28,38,53,55H,4,9-20H2,1-3H3,(H,49,50)(H,54,60,62). The van der Waals surface area contributed by atoms with Crippen molar-refractivity contribution in [2.75, 3.05) is 81.0 Å². The molecule has 5 aromatic rings. The molecule has 0 bridgehead atoms. The highest BCUT2D eigenvalue weighted by Crippen LogP contribution is 2.32. The number of ketones is 1. The van der Waals surface area contributed by atoms with Gasteiger partial charge in [-0.05, 0) is 88.1 Å². The molecule has 4 N–H and O–H groups in total. The highest BCUT2D eigenvalue weighted by molar-refractivity contribution is 7.98. The molecular weight excluding hydrogens is 848 g/mol. The van der Waals surface area contributed by atoms with Crippen LogP contribution in [0.3, 0.4) is 0 Å². The minimum Gasteiger partial charge on any atom is -0.371 e. The second-order valence-electron chi connectivity index (χ2n) is 16.3. The first-order chi connectivity index (χ1) is 30.9. The lowest BCUT2D eigenvalue weighted by Crippen LogP contribution is -2.51. The predicted molar refractivity (Wildman–Crippen MR) is 240 cm³/mol. The van der Waals surface area contributed by atoms with Gasteiger partial charge in [-0.3, -0.25) is 24.6 Å². The number of pyridine rings is 1. The molecule has 3 saturated heterocycles. The largest absolute Gasteiger partial charge is 0.371 e. The van der Waals surface area contributed by atoms with Crippen molar-refractivity contribution < 1.29 is 32.3 Å². The van der Waals surface area contributed by atoms with Gasteiger partial charge >= 0.3 is 0 Å². The Morgan fingerprint density at radius 3 is 2.39 bits per heavy atom. The number of amides is 2. The molecular formula is C45H52F3N11O4S. The highest BCUT2D eigenvalue weighted by Gasteiger charge is 2.29. The number of nitrogens with zero attached hydrogens (tertiary/aromatic N) is 7. The van der Waals surface area contributed by atoms with Crippen LogP contribution in [0.5, 0.6) is 0 Å². The number of H-pyrrole nitrogens is 1. The van der Waals surface area contributed by atoms with Crippen LogP contribution in [0.25, 0.3) is 22.2 Å². The van der Waals surface area contributed by atoms with Crippen LogP contribution in [0.15, 0.2) is 61.2 Å². The zero-order valence-electron chi connectivity index (χ0n) is 36.0. The molecule has 2 amide bonds. The highest BCUT2D eigenvalue weighted by atomic mass is 32.2. The number of imide groups is 1. The lowest BCUT2D eigenvalue weighted by molar-refractivity contribution is -0.133. The van der Waals surface area contributed by atoms with Crippen molar-refractivity contribution in [2.45, 2.75) is 57.7 Å². The second-order valence-corrected chi connectivity index (χ2v) is 17.4. The number of hydrogen-bond acceptors (Lipinski definition) is 14. The Labute approximate surface area is 373 Å². The Hall–Kier alpha value is -5.60. The number of anilines is 3. The first-order valence-electron chi connectivity index (χ1n) is 21.6. The molecule has 2 aromatic carbocycles. The number of piperidine rings is 2. The molecule has 2 atom stereocenters. The molecule has 0 aliphatic carbocycles. The molecule has 0 spiro atoms. The topological polar surface area (TPSA) is 164 Å². The van der Waals surface area contributed by atoms with E-state index in [9.17, 15) is 18.8 Å². The van der Waals surface area contributed by atoms with Crippen LogP contribution in [0.4, 0.5) is 30.5 Å². The summed E-state index contributed by atoms with van der Waals surface area (Å²) in [6.45, 7) is 10.9. The van der Waals surface area contributed by atoms with Crippen molar-refractivity contribution in [1.82, 2.24) is 39.4 Å². The number of ether oxygens (including phenoxy) is 1. The molecule has 15 nitrogen and oxygen atoms in total. The number of nitrogens with one attached hydrogen (secondary N) is 4. The summed E-state index contributed by atoms with van der Waals surface area (Å²) in [4.78, 5) is 60.7. The fraction of sp³-hybridized carbons (Fsp3) is 0.422. The van der Waals surface area contributed by atoms with Gasteiger partial charge < -0.3 is 29.6 Å². The van der Waals surface area contributed by atoms with Crippen molar-refractivity contribution in [2.24, 2.45) is 0 Å². The van der Waals surface area contributed by atoms with Gasteiger partial charge in [-0.1, -0.05) is 13.0 Å². The first-order valence-corrected chi connectivity index (χ1v) is 22.4. The van der Waals surface area contributed by atoms with Gasteiger partial charge in [0.25, 0.3) is 0 Å². The summed E-state index contributed by atoms with van der Waals surface area (Å²) in [5.41, 5.74) is 2.38. The maximum Gasteiger partial charge on any atom is 0.249 e. The van der Waals surface area contributed by atoms with Crippen LogP contribution in [-0.2, 0) is 14.3 Å². The number of piperazine rings is 1. The minimum atomic E-state index is -0.971. The first kappa shape index (κ1) is 45.0. The number of aromatic amines is 1. The Morgan fingerprint density at radius 1 is 0.938 bits per heavy atom. The van der Waals surface area contributed by atoms with Crippen molar-refractivity contribution >= 4 is 58.1 Å². The fourth-order valence-corrected chi connectivity index (χ4v) is 8.84. The number of fused-ring (bicyclic) bond motifs is 1. The molecule has 3 fully saturated rings. The summed E-state index contributed by atoms with van der Waals surface area (Å²) in [5.74, 6) is -3.01. The lowest BCUT2D eigenvalue weighted by Gasteiger charge is -2.38. The van der Waals surface area contributed by atoms with Gasteiger partial charge in [0, 0.05) is 105 Å². The fourth-order valence-electron chi connectivity index (χ4n) is 8.30. The van der Waals surface area contributed by atoms with Crippen molar-refractivity contribution in [1.29, 1.82) is 0 Å². The SMILES string of the molecule is CCN(C)SNc1ccc(F)c(C(=O)c2c[nH]c3ncc(-c4cnc(N5CCN(C(C)OCCN6CCC(c7ccc(NC8CCC(=O)NC8=O)c(F)c7)CC6)CC5)nc4)cc23)c1F. The van der Waals surface area contributed by atoms with E-state index in [0.29, 0.717) is 47.7 Å². The average Bonchev–Trinajstić information content (AvgIpc) is 3.74. The van der Waals surface area contributed by atoms with Crippen LogP contribution in [0, 0.1) is 17.5 Å². The third-order valence-corrected chi connectivity index (χ3v) is 13.2. The van der Waals surface area contributed by atoms with E-state index in [0.717, 1.165) is 82.4 Å². The quantitative estimate of drug-likeness (QED) is 0.0505. The van der Waals surface area contributed by atoms with E-state index in [4.69, 9.17) is 4.74 Å². The Kier molecular flexibility index (Phi) is 14.1. The number of aromatic nitrogens is 4. The van der Waals surface area contributed by atoms with Gasteiger partial charge in [0.15, 0.2) is 5.82 Å². The van der Waals surface area contributed by atoms with E-state index in [1.54, 1.807) is 36.8 Å². The lowest BCUT2D eigenvalue weighted by atomic mass is 9.89. The molecule has 0 radical (unpaired) electrons. The maximum atomic E-state index is 15.5. The van der Waals surface area contributed by atoms with E-state index in [1.165, 1.54) is 12.3 Å². The number of benzene rings is 2. The molecule has 6 heterocycles. The van der Waals surface area contributed by atoms with Gasteiger partial charge in [-0.2, -0.15) is 0 Å². The molecule has 2 unspecified atom stereocenters. The van der Waals surface area contributed by atoms with Gasteiger partial charge in [-0.25, -0.2) is 32.4 Å². The van der Waals surface area contributed by atoms with Gasteiger partial charge in [0.2, 0.25) is 23.5 Å². The number of hydrogen-bond donors (Lipinski definition) is 4. The molecule has 3 aliphatic rings. The third-order valence-electron chi connectivity index (χ3n) is 12.3. The molecule has 338 valence electrons. The van der Waals surface area contributed by atoms with E-state index >= 15 is 8.78 Å². The van der Waals surface area contributed by atoms with Crippen LogP contribution < -0.4 is 20.3 Å². The summed E-state index contributed by atoms with van der Waals surface area (Å²) in [6.07, 6.45) is 8.79. The Balaban J connectivity index is 0.787. The number of likely N-dealkylation sites (tertiary alicyclic amines) is 1. The number of carbonyl (C=O) groups is 3. The molecule has 3 aromatic heterocycles. The van der Waals surface area contributed by atoms with E-state index in [1.807, 2.05) is 24.3 Å². The summed E-state index contributed by atoms with van der Waals surface area (Å²) >= 11 is 1.14. The summed E-state index contributed by atoms with van der Waals surface area (Å²) in [6, 6.07) is 8.64. The smallest absolute Gasteiger partial charge is 0.249 e. The summed E-state index contributed by atoms with van der Waals surface area (Å²) in [5, 5.41) is 5.66. The van der Waals surface area contributed by atoms with Crippen LogP contribution in [0.2, 0.25) is 0 Å². The predicted octanol–water partition coefficient (Wildman–Crippen LogP) is 6.18. The average molecular weight is 900 g/mol. The van der Waals surface area contributed by atoms with Gasteiger partial charge in [-0.15, -0.1) is 0 Å². The molecule has 3 aliphatic heterocycles. The number of carbonyl (C=O) groups excluding carboxylic acids is 3. The minimum absolute atomic E-state index is 0.00154. The van der Waals surface area contributed by atoms with Crippen LogP contribution >= 0.6 is 12.1 Å². The zero-order chi connectivity index (χ0) is 44.9. The Morgan fingerprint density at radius 2 is 1.67 bits per heavy atom. The molecule has 0 saturated carbocycles. The van der Waals surface area contributed by atoms with Crippen LogP contribution in [0.1, 0.15) is 66.9 Å².